The minimum absolute atomic E-state index is 0.266. The highest BCUT2D eigenvalue weighted by Crippen LogP contribution is 2.42. The molecule has 2 saturated heterocycles. The molecule has 0 aromatic carbocycles. The molecule has 2 N–H and O–H groups in total. The molecule has 0 radical (unpaired) electrons. The van der Waals surface area contributed by atoms with Crippen LogP contribution in [0.3, 0.4) is 0 Å². The molecule has 2 aliphatic heterocycles. The highest BCUT2D eigenvalue weighted by molar-refractivity contribution is 8.00. The lowest BCUT2D eigenvalue weighted by Crippen LogP contribution is -2.62. The van der Waals surface area contributed by atoms with Crippen molar-refractivity contribution in [3.8, 4) is 0 Å². The van der Waals surface area contributed by atoms with Gasteiger partial charge in [-0.3, -0.25) is 4.90 Å². The topological polar surface area (TPSA) is 29.3 Å². The van der Waals surface area contributed by atoms with Gasteiger partial charge in [-0.25, -0.2) is 0 Å². The van der Waals surface area contributed by atoms with E-state index in [0.717, 1.165) is 11.8 Å². The summed E-state index contributed by atoms with van der Waals surface area (Å²) < 4.78 is 0. The summed E-state index contributed by atoms with van der Waals surface area (Å²) in [5.41, 5.74) is 6.88. The van der Waals surface area contributed by atoms with Gasteiger partial charge >= 0.3 is 0 Å². The Kier molecular flexibility index (Phi) is 4.39. The SMILES string of the molecule is CC1CN(C2(CN)CSCC(C)(C)C2)CCS1. The number of hydrogen-bond donors (Lipinski definition) is 1. The Morgan fingerprint density at radius 2 is 2.12 bits per heavy atom. The number of nitrogens with two attached hydrogens (primary N) is 1. The zero-order valence-electron chi connectivity index (χ0n) is 11.4. The molecule has 0 saturated carbocycles. The van der Waals surface area contributed by atoms with Gasteiger partial charge in [-0.05, 0) is 17.6 Å². The lowest BCUT2D eigenvalue weighted by atomic mass is 9.78. The summed E-state index contributed by atoms with van der Waals surface area (Å²) in [6.07, 6.45) is 1.26. The first kappa shape index (κ1) is 14.0. The second-order valence-corrected chi connectivity index (χ2v) is 8.92. The van der Waals surface area contributed by atoms with Gasteiger partial charge in [0.15, 0.2) is 0 Å². The first-order valence-corrected chi connectivity index (χ1v) is 8.82. The van der Waals surface area contributed by atoms with Crippen LogP contribution >= 0.6 is 23.5 Å². The van der Waals surface area contributed by atoms with E-state index in [1.165, 1.54) is 36.8 Å². The normalized spacial score (nSPS) is 39.2. The monoisotopic (exact) mass is 274 g/mol. The molecule has 2 aliphatic rings. The van der Waals surface area contributed by atoms with Gasteiger partial charge in [0.05, 0.1) is 0 Å². The summed E-state index contributed by atoms with van der Waals surface area (Å²) in [6.45, 7) is 10.4. The minimum atomic E-state index is 0.266. The van der Waals surface area contributed by atoms with Crippen LogP contribution in [0.25, 0.3) is 0 Å². The minimum Gasteiger partial charge on any atom is -0.329 e. The highest BCUT2D eigenvalue weighted by Gasteiger charge is 2.44. The maximum atomic E-state index is 6.17. The van der Waals surface area contributed by atoms with Gasteiger partial charge in [0.1, 0.15) is 0 Å². The maximum Gasteiger partial charge on any atom is 0.0428 e. The van der Waals surface area contributed by atoms with E-state index in [0.29, 0.717) is 5.41 Å². The molecule has 0 aliphatic carbocycles. The van der Waals surface area contributed by atoms with Gasteiger partial charge in [-0.15, -0.1) is 0 Å². The van der Waals surface area contributed by atoms with E-state index in [1.807, 2.05) is 0 Å². The number of thioether (sulfide) groups is 2. The van der Waals surface area contributed by atoms with Crippen molar-refractivity contribution in [3.63, 3.8) is 0 Å². The van der Waals surface area contributed by atoms with Crippen LogP contribution < -0.4 is 5.73 Å². The molecule has 4 heteroatoms. The van der Waals surface area contributed by atoms with Crippen molar-refractivity contribution in [1.29, 1.82) is 0 Å². The van der Waals surface area contributed by atoms with Crippen molar-refractivity contribution in [2.75, 3.05) is 36.9 Å². The predicted molar refractivity (Wildman–Crippen MR) is 81.0 cm³/mol. The van der Waals surface area contributed by atoms with Crippen LogP contribution in [0.2, 0.25) is 0 Å². The van der Waals surface area contributed by atoms with Crippen molar-refractivity contribution in [2.24, 2.45) is 11.1 Å². The van der Waals surface area contributed by atoms with Crippen LogP contribution in [0.15, 0.2) is 0 Å². The van der Waals surface area contributed by atoms with Gasteiger partial charge in [-0.2, -0.15) is 23.5 Å². The van der Waals surface area contributed by atoms with Crippen molar-refractivity contribution in [3.05, 3.63) is 0 Å². The fourth-order valence-corrected chi connectivity index (χ4v) is 5.78. The molecule has 2 fully saturated rings. The van der Waals surface area contributed by atoms with Crippen LogP contribution in [0, 0.1) is 5.41 Å². The smallest absolute Gasteiger partial charge is 0.0428 e. The Hall–Kier alpha value is 0.620. The lowest BCUT2D eigenvalue weighted by molar-refractivity contribution is 0.0727. The summed E-state index contributed by atoms with van der Waals surface area (Å²) in [5, 5.41) is 0.766. The molecule has 2 heterocycles. The van der Waals surface area contributed by atoms with Gasteiger partial charge in [-0.1, -0.05) is 20.8 Å². The fraction of sp³-hybridized carbons (Fsp3) is 1.00. The first-order valence-electron chi connectivity index (χ1n) is 6.62. The van der Waals surface area contributed by atoms with Gasteiger partial charge in [0.2, 0.25) is 0 Å². The summed E-state index contributed by atoms with van der Waals surface area (Å²) in [4.78, 5) is 2.70. The van der Waals surface area contributed by atoms with E-state index in [2.05, 4.69) is 49.2 Å². The fourth-order valence-electron chi connectivity index (χ4n) is 3.22. The molecule has 0 aromatic heterocycles. The highest BCUT2D eigenvalue weighted by atomic mass is 32.2. The van der Waals surface area contributed by atoms with E-state index >= 15 is 0 Å². The van der Waals surface area contributed by atoms with Crippen LogP contribution in [0.1, 0.15) is 27.2 Å². The Labute approximate surface area is 114 Å². The summed E-state index contributed by atoms with van der Waals surface area (Å²) in [5.74, 6) is 3.78. The van der Waals surface area contributed by atoms with Crippen LogP contribution in [-0.2, 0) is 0 Å². The van der Waals surface area contributed by atoms with E-state index in [4.69, 9.17) is 5.73 Å². The Morgan fingerprint density at radius 3 is 2.71 bits per heavy atom. The van der Waals surface area contributed by atoms with E-state index in [1.54, 1.807) is 0 Å². The molecular formula is C13H26N2S2. The standard InChI is InChI=1S/C13H26N2S2/c1-11-6-15(4-5-17-11)13(8-14)7-12(2,3)9-16-10-13/h11H,4-10,14H2,1-3H3. The first-order chi connectivity index (χ1) is 7.97. The lowest BCUT2D eigenvalue weighted by Gasteiger charge is -2.52. The maximum absolute atomic E-state index is 6.17. The molecule has 2 unspecified atom stereocenters. The summed E-state index contributed by atoms with van der Waals surface area (Å²) >= 11 is 4.21. The number of hydrogen-bond acceptors (Lipinski definition) is 4. The van der Waals surface area contributed by atoms with Gasteiger partial charge < -0.3 is 5.73 Å². The third-order valence-electron chi connectivity index (χ3n) is 3.96. The Balaban J connectivity index is 2.12. The van der Waals surface area contributed by atoms with Crippen LogP contribution in [0.4, 0.5) is 0 Å². The van der Waals surface area contributed by atoms with Crippen molar-refractivity contribution in [2.45, 2.75) is 38.0 Å². The Morgan fingerprint density at radius 1 is 1.35 bits per heavy atom. The average molecular weight is 274 g/mol. The molecule has 0 spiro atoms. The molecule has 2 atom stereocenters. The van der Waals surface area contributed by atoms with Crippen molar-refractivity contribution in [1.82, 2.24) is 4.90 Å². The summed E-state index contributed by atoms with van der Waals surface area (Å²) in [7, 11) is 0. The van der Waals surface area contributed by atoms with Crippen LogP contribution in [0.5, 0.6) is 0 Å². The van der Waals surface area contributed by atoms with E-state index < -0.39 is 0 Å². The van der Waals surface area contributed by atoms with Gasteiger partial charge in [0.25, 0.3) is 0 Å². The van der Waals surface area contributed by atoms with E-state index in [-0.39, 0.29) is 5.54 Å². The van der Waals surface area contributed by atoms with E-state index in [9.17, 15) is 0 Å². The zero-order valence-corrected chi connectivity index (χ0v) is 13.0. The second-order valence-electron chi connectivity index (χ2n) is 6.39. The molecule has 2 rings (SSSR count). The third-order valence-corrected chi connectivity index (χ3v) is 6.83. The zero-order chi connectivity index (χ0) is 12.5. The van der Waals surface area contributed by atoms with Gasteiger partial charge in [0, 0.05) is 41.9 Å². The number of nitrogens with zero attached hydrogens (tertiary/aromatic N) is 1. The average Bonchev–Trinajstić information content (AvgIpc) is 2.27. The summed E-state index contributed by atoms with van der Waals surface area (Å²) in [6, 6.07) is 0. The molecule has 17 heavy (non-hydrogen) atoms. The quantitative estimate of drug-likeness (QED) is 0.836. The molecular weight excluding hydrogens is 248 g/mol. The second kappa shape index (κ2) is 5.32. The molecule has 2 nitrogen and oxygen atoms in total. The molecule has 100 valence electrons. The number of rotatable bonds is 2. The predicted octanol–water partition coefficient (Wildman–Crippen LogP) is 2.28. The largest absolute Gasteiger partial charge is 0.329 e. The molecule has 0 amide bonds. The van der Waals surface area contributed by atoms with Crippen molar-refractivity contribution < 1.29 is 0 Å². The Bertz CT molecular complexity index is 270. The molecule has 0 bridgehead atoms. The molecule has 0 aromatic rings. The third kappa shape index (κ3) is 3.14. The van der Waals surface area contributed by atoms with Crippen LogP contribution in [-0.4, -0.2) is 52.6 Å². The van der Waals surface area contributed by atoms with Crippen molar-refractivity contribution >= 4 is 23.5 Å².